The van der Waals surface area contributed by atoms with E-state index in [1.54, 1.807) is 19.9 Å². The predicted octanol–water partition coefficient (Wildman–Crippen LogP) is 7.97. The van der Waals surface area contributed by atoms with Crippen molar-refractivity contribution in [2.24, 2.45) is 40.4 Å². The van der Waals surface area contributed by atoms with E-state index in [-0.39, 0.29) is 69.3 Å². The molecule has 13 atom stereocenters. The Morgan fingerprint density at radius 3 is 2.49 bits per heavy atom. The molecule has 3 fully saturated rings. The lowest BCUT2D eigenvalue weighted by molar-refractivity contribution is -0.258. The second-order valence-electron chi connectivity index (χ2n) is 17.8. The molecule has 0 radical (unpaired) electrons. The number of ketones is 1. The van der Waals surface area contributed by atoms with Gasteiger partial charge in [0.2, 0.25) is 5.78 Å². The molecule has 12 nitrogen and oxygen atoms in total. The number of aromatic nitrogens is 1. The van der Waals surface area contributed by atoms with Gasteiger partial charge in [0, 0.05) is 29.7 Å². The molecular formula is C45H56Cl2N2O10. The Balaban J connectivity index is 1.23. The van der Waals surface area contributed by atoms with Gasteiger partial charge in [0.1, 0.15) is 22.2 Å². The van der Waals surface area contributed by atoms with Gasteiger partial charge < -0.3 is 39.8 Å². The van der Waals surface area contributed by atoms with Gasteiger partial charge in [-0.2, -0.15) is 0 Å². The molecule has 3 heterocycles. The average Bonchev–Trinajstić information content (AvgIpc) is 3.65. The topological polar surface area (TPSA) is 184 Å². The van der Waals surface area contributed by atoms with Crippen LogP contribution in [-0.2, 0) is 28.6 Å². The van der Waals surface area contributed by atoms with E-state index >= 15 is 4.79 Å². The number of rotatable bonds is 7. The van der Waals surface area contributed by atoms with Gasteiger partial charge >= 0.3 is 11.9 Å². The van der Waals surface area contributed by atoms with Gasteiger partial charge in [0.05, 0.1) is 34.8 Å². The number of carboxylic acid groups (broad SMARTS) is 1. The average molecular weight is 856 g/mol. The predicted molar refractivity (Wildman–Crippen MR) is 220 cm³/mol. The van der Waals surface area contributed by atoms with E-state index in [9.17, 15) is 29.7 Å². The molecule has 7 rings (SSSR count). The Morgan fingerprint density at radius 2 is 1.85 bits per heavy atom. The summed E-state index contributed by atoms with van der Waals surface area (Å²) in [5.74, 6) is -4.71. The molecule has 1 aromatic rings. The summed E-state index contributed by atoms with van der Waals surface area (Å²) in [4.78, 5) is 57.7. The van der Waals surface area contributed by atoms with Crippen molar-refractivity contribution in [3.8, 4) is 0 Å². The fourth-order valence-corrected chi connectivity index (χ4v) is 11.9. The molecule has 1 saturated carbocycles. The monoisotopic (exact) mass is 854 g/mol. The maximum Gasteiger partial charge on any atom is 0.346 e. The van der Waals surface area contributed by atoms with Crippen molar-refractivity contribution in [2.75, 3.05) is 0 Å². The standard InChI is InChI=1S/C45H56Cl2N2O10/c1-7-25-20-45-39(52)34(42(56)59-45)38(51)44(8-2)26(12-10-9-11-22(3)19-43(45,6)21-28(25)41(54)55)14-15-27-29(44)16-13-23(4)37(27)58-33-18-31(50)35(24(5)57-33)49-40(53)36-30(46)17-32(47)48-36/h9-10,14-15,17,19,21,23-27,29,31,33,35,37,48,50-51H,7-8,11-13,16,18,20H2,1-6H3,(H,49,53)(H,54,55)/b10-9-,22-19-,38-34+/t23-,24+,25-,26+,27-,29+,31+,33-,35+,37-,43-,44+,45+/m0/s1. The molecule has 1 amide bonds. The van der Waals surface area contributed by atoms with E-state index in [2.05, 4.69) is 41.5 Å². The van der Waals surface area contributed by atoms with Crippen molar-refractivity contribution in [1.82, 2.24) is 10.3 Å². The highest BCUT2D eigenvalue weighted by molar-refractivity contribution is 6.36. The number of amides is 1. The van der Waals surface area contributed by atoms with Crippen molar-refractivity contribution in [1.29, 1.82) is 0 Å². The van der Waals surface area contributed by atoms with E-state index in [0.717, 1.165) is 12.0 Å². The number of allylic oxidation sites excluding steroid dienone is 5. The normalized spacial score (nSPS) is 42.3. The molecular weight excluding hydrogens is 799 g/mol. The second kappa shape index (κ2) is 16.3. The number of fused-ring (bicyclic) bond motifs is 4. The number of H-pyrrole nitrogens is 1. The van der Waals surface area contributed by atoms with Gasteiger partial charge in [-0.05, 0) is 89.0 Å². The van der Waals surface area contributed by atoms with Gasteiger partial charge in [-0.25, -0.2) is 9.59 Å². The zero-order chi connectivity index (χ0) is 42.8. The number of hydrogen-bond donors (Lipinski definition) is 5. The smallest absolute Gasteiger partial charge is 0.346 e. The molecule has 0 aromatic carbocycles. The summed E-state index contributed by atoms with van der Waals surface area (Å²) in [7, 11) is 0. The molecule has 1 spiro atoms. The second-order valence-corrected chi connectivity index (χ2v) is 18.6. The number of ether oxygens (including phenoxy) is 3. The summed E-state index contributed by atoms with van der Waals surface area (Å²) in [5, 5.41) is 37.6. The highest BCUT2D eigenvalue weighted by Gasteiger charge is 2.67. The summed E-state index contributed by atoms with van der Waals surface area (Å²) in [6.07, 6.45) is 12.3. The van der Waals surface area contributed by atoms with Crippen molar-refractivity contribution in [2.45, 2.75) is 129 Å². The quantitative estimate of drug-likeness (QED) is 0.102. The lowest BCUT2D eigenvalue weighted by Crippen LogP contribution is -2.58. The van der Waals surface area contributed by atoms with E-state index in [1.807, 2.05) is 26.8 Å². The maximum atomic E-state index is 15.2. The number of Topliss-reactive ketones (excluding diaryl/α,β-unsaturated/α-hetero) is 1. The van der Waals surface area contributed by atoms with E-state index in [4.69, 9.17) is 37.4 Å². The Kier molecular flexibility index (Phi) is 12.0. The number of carboxylic acids is 1. The van der Waals surface area contributed by atoms with Gasteiger partial charge in [-0.15, -0.1) is 0 Å². The van der Waals surface area contributed by atoms with Crippen LogP contribution < -0.4 is 5.32 Å². The van der Waals surface area contributed by atoms with Gasteiger partial charge in [0.15, 0.2) is 11.9 Å². The highest BCUT2D eigenvalue weighted by Crippen LogP contribution is 2.61. The SMILES string of the molecule is CC[C@H]1C[C@]23OC(=O)/C(=C(/O)[C@@]4(CC)[C@@H]5CC[C@H](C)[C@H](O[C@H]6C[C@@H](O)[C@H](NC(=O)c7[nH]c(Cl)cc7Cl)[C@@H](C)O6)[C@H]5C=C[C@H]4C/C=C\C/C(C)=C\[C@@]2(C)C=C1C(=O)O)C3=O. The zero-order valence-corrected chi connectivity index (χ0v) is 35.9. The molecule has 2 saturated heterocycles. The highest BCUT2D eigenvalue weighted by atomic mass is 35.5. The number of hydrogen-bond acceptors (Lipinski definition) is 9. The number of aliphatic hydroxyl groups is 2. The Hall–Kier alpha value is -3.68. The van der Waals surface area contributed by atoms with E-state index in [0.29, 0.717) is 32.1 Å². The summed E-state index contributed by atoms with van der Waals surface area (Å²) in [6, 6.07) is 0.664. The van der Waals surface area contributed by atoms with Crippen LogP contribution in [0.3, 0.4) is 0 Å². The van der Waals surface area contributed by atoms with Crippen LogP contribution in [0.25, 0.3) is 0 Å². The number of aromatic amines is 1. The number of aliphatic hydroxyl groups excluding tert-OH is 2. The molecule has 2 aliphatic heterocycles. The molecule has 6 aliphatic rings. The molecule has 1 aromatic heterocycles. The fraction of sp³-hybridized carbons (Fsp3) is 0.600. The molecule has 59 heavy (non-hydrogen) atoms. The molecule has 4 aliphatic carbocycles. The largest absolute Gasteiger partial charge is 0.511 e. The van der Waals surface area contributed by atoms with Crippen LogP contribution in [0.5, 0.6) is 0 Å². The van der Waals surface area contributed by atoms with E-state index in [1.165, 1.54) is 6.07 Å². The van der Waals surface area contributed by atoms with Crippen LogP contribution in [0.15, 0.2) is 65.0 Å². The lowest BCUT2D eigenvalue weighted by atomic mass is 9.51. The van der Waals surface area contributed by atoms with Crippen LogP contribution in [-0.4, -0.2) is 80.2 Å². The fourth-order valence-electron chi connectivity index (χ4n) is 11.4. The number of carbonyl (C=O) groups excluding carboxylic acids is 3. The lowest BCUT2D eigenvalue weighted by Gasteiger charge is -2.55. The third kappa shape index (κ3) is 7.24. The van der Waals surface area contributed by atoms with E-state index < -0.39 is 76.6 Å². The van der Waals surface area contributed by atoms with Gasteiger partial charge in [-0.3, -0.25) is 9.59 Å². The Morgan fingerprint density at radius 1 is 1.10 bits per heavy atom. The van der Waals surface area contributed by atoms with Crippen LogP contribution in [0.4, 0.5) is 0 Å². The number of aliphatic carboxylic acids is 1. The molecule has 0 unspecified atom stereocenters. The van der Waals surface area contributed by atoms with Crippen LogP contribution in [0.2, 0.25) is 10.2 Å². The third-order valence-electron chi connectivity index (χ3n) is 14.4. The van der Waals surface area contributed by atoms with Crippen molar-refractivity contribution in [3.05, 3.63) is 80.9 Å². The van der Waals surface area contributed by atoms with Crippen LogP contribution in [0.1, 0.15) is 103 Å². The first-order valence-corrected chi connectivity index (χ1v) is 21.7. The van der Waals surface area contributed by atoms with Crippen LogP contribution >= 0.6 is 23.2 Å². The first-order valence-electron chi connectivity index (χ1n) is 20.9. The van der Waals surface area contributed by atoms with Gasteiger partial charge in [-0.1, -0.05) is 86.0 Å². The first-order chi connectivity index (χ1) is 27.9. The number of nitrogens with one attached hydrogen (secondary N) is 2. The van der Waals surface area contributed by atoms with Crippen LogP contribution in [0, 0.1) is 40.4 Å². The molecule has 320 valence electrons. The van der Waals surface area contributed by atoms with Crippen molar-refractivity contribution < 1.29 is 48.7 Å². The maximum absolute atomic E-state index is 15.2. The number of carbonyl (C=O) groups is 4. The molecule has 5 N–H and O–H groups in total. The van der Waals surface area contributed by atoms with Gasteiger partial charge in [0.25, 0.3) is 5.91 Å². The Labute approximate surface area is 355 Å². The summed E-state index contributed by atoms with van der Waals surface area (Å²) >= 11 is 12.2. The zero-order valence-electron chi connectivity index (χ0n) is 34.4. The molecule has 14 heteroatoms. The van der Waals surface area contributed by atoms with Crippen molar-refractivity contribution in [3.63, 3.8) is 0 Å². The summed E-state index contributed by atoms with van der Waals surface area (Å²) < 4.78 is 19.4. The molecule has 2 bridgehead atoms. The third-order valence-corrected chi connectivity index (χ3v) is 14.9. The minimum absolute atomic E-state index is 0.0225. The van der Waals surface area contributed by atoms with Crippen molar-refractivity contribution >= 4 is 46.8 Å². The summed E-state index contributed by atoms with van der Waals surface area (Å²) in [6.45, 7) is 11.4. The number of halogens is 2. The Bertz CT molecular complexity index is 2040. The minimum Gasteiger partial charge on any atom is -0.511 e. The minimum atomic E-state index is -1.75. The number of esters is 1. The summed E-state index contributed by atoms with van der Waals surface area (Å²) in [5.41, 5.74) is -3.32. The first kappa shape index (κ1) is 43.4.